The molecular formula is C48H48Cl2F2N12O4. The summed E-state index contributed by atoms with van der Waals surface area (Å²) in [5, 5.41) is 38.2. The number of benzene rings is 4. The number of halogens is 4. The summed E-state index contributed by atoms with van der Waals surface area (Å²) in [6, 6.07) is 23.9. The molecule has 352 valence electrons. The Kier molecular flexibility index (Phi) is 12.9. The number of nitrogens with one attached hydrogen (secondary N) is 2. The lowest BCUT2D eigenvalue weighted by atomic mass is 9.86. The van der Waals surface area contributed by atoms with Gasteiger partial charge in [-0.3, -0.25) is 0 Å². The molecule has 0 aliphatic carbocycles. The molecule has 0 spiro atoms. The minimum Gasteiger partial charge on any atom is -0.494 e. The maximum absolute atomic E-state index is 13.5. The van der Waals surface area contributed by atoms with Crippen LogP contribution in [0.1, 0.15) is 74.1 Å². The summed E-state index contributed by atoms with van der Waals surface area (Å²) in [7, 11) is 3.19. The second-order valence-electron chi connectivity index (χ2n) is 17.4. The molecule has 2 aliphatic rings. The monoisotopic (exact) mass is 964 g/mol. The van der Waals surface area contributed by atoms with Gasteiger partial charge in [-0.15, -0.1) is 10.2 Å². The molecule has 0 amide bonds. The van der Waals surface area contributed by atoms with Crippen LogP contribution in [0, 0.1) is 11.6 Å². The van der Waals surface area contributed by atoms with Crippen LogP contribution in [0.5, 0.6) is 11.5 Å². The van der Waals surface area contributed by atoms with Crippen molar-refractivity contribution in [2.24, 2.45) is 0 Å². The maximum atomic E-state index is 13.5. The minimum atomic E-state index is -0.881. The first-order valence-corrected chi connectivity index (χ1v) is 22.5. The van der Waals surface area contributed by atoms with Crippen LogP contribution in [0.2, 0.25) is 10.3 Å². The molecule has 0 saturated heterocycles. The summed E-state index contributed by atoms with van der Waals surface area (Å²) < 4.78 is 45.3. The van der Waals surface area contributed by atoms with E-state index in [1.54, 1.807) is 72.7 Å². The number of rotatable bonds is 10. The number of aliphatic hydroxyl groups is 2. The third-order valence-corrected chi connectivity index (χ3v) is 12.5. The molecule has 16 nitrogen and oxygen atoms in total. The highest BCUT2D eigenvalue weighted by molar-refractivity contribution is 6.29. The third kappa shape index (κ3) is 10.3. The van der Waals surface area contributed by atoms with Crippen molar-refractivity contribution in [1.82, 2.24) is 48.6 Å². The van der Waals surface area contributed by atoms with E-state index in [1.807, 2.05) is 59.6 Å². The summed E-state index contributed by atoms with van der Waals surface area (Å²) in [5.41, 5.74) is 3.08. The summed E-state index contributed by atoms with van der Waals surface area (Å²) in [6.45, 7) is 4.68. The number of methoxy groups -OCH3 is 2. The zero-order chi connectivity index (χ0) is 47.7. The van der Waals surface area contributed by atoms with Crippen molar-refractivity contribution >= 4 is 46.5 Å². The Labute approximate surface area is 400 Å². The predicted molar refractivity (Wildman–Crippen MR) is 253 cm³/mol. The number of imidazole rings is 2. The second kappa shape index (κ2) is 19.0. The molecule has 4 aromatic carbocycles. The lowest BCUT2D eigenvalue weighted by Gasteiger charge is -2.24. The van der Waals surface area contributed by atoms with Crippen LogP contribution < -0.4 is 20.1 Å². The van der Waals surface area contributed by atoms with Crippen molar-refractivity contribution in [3.8, 4) is 22.9 Å². The lowest BCUT2D eigenvalue weighted by Crippen LogP contribution is -2.26. The fourth-order valence-electron chi connectivity index (χ4n) is 8.60. The molecule has 0 unspecified atom stereocenters. The summed E-state index contributed by atoms with van der Waals surface area (Å²) in [4.78, 5) is 17.6. The van der Waals surface area contributed by atoms with E-state index in [0.29, 0.717) is 72.5 Å². The van der Waals surface area contributed by atoms with Crippen LogP contribution in [0.4, 0.5) is 32.1 Å². The van der Waals surface area contributed by atoms with Crippen molar-refractivity contribution in [3.63, 3.8) is 0 Å². The molecule has 8 aromatic rings. The highest BCUT2D eigenvalue weighted by Crippen LogP contribution is 2.39. The Morgan fingerprint density at radius 2 is 1.01 bits per heavy atom. The van der Waals surface area contributed by atoms with Crippen molar-refractivity contribution < 1.29 is 28.5 Å². The van der Waals surface area contributed by atoms with Crippen molar-refractivity contribution in [2.75, 3.05) is 24.9 Å². The Bertz CT molecular complexity index is 2840. The number of anilines is 4. The van der Waals surface area contributed by atoms with E-state index >= 15 is 0 Å². The van der Waals surface area contributed by atoms with Crippen LogP contribution in [-0.4, -0.2) is 84.3 Å². The quantitative estimate of drug-likeness (QED) is 0.102. The summed E-state index contributed by atoms with van der Waals surface area (Å²) >= 11 is 11.9. The van der Waals surface area contributed by atoms with E-state index in [2.05, 4.69) is 30.8 Å². The fraction of sp³-hybridized carbons (Fsp3) is 0.292. The lowest BCUT2D eigenvalue weighted by molar-refractivity contribution is 0.0379. The molecule has 2 aliphatic heterocycles. The van der Waals surface area contributed by atoms with Gasteiger partial charge >= 0.3 is 0 Å². The van der Waals surface area contributed by atoms with Gasteiger partial charge in [0.1, 0.15) is 57.7 Å². The number of fused-ring (bicyclic) bond motifs is 2. The molecule has 0 radical (unpaired) electrons. The minimum absolute atomic E-state index is 0.218. The Hall–Kier alpha value is -6.86. The number of ether oxygens (including phenoxy) is 2. The molecule has 6 heterocycles. The normalized spacial score (nSPS) is 20.0. The SMILES string of the molecule is COc1cc(Nc2nc3n(n2)CC[C@@](C)(O)C[C@@H]3c2ccc(F)cc2)ccc1-n1cnc(Cl)c1.COc1cc(Nc2nc3n(n2)CC[C@](C)(O)C[C@@H]3c2ccc(F)cc2)ccc1-n1cnc(Cl)c1. The smallest absolute Gasteiger partial charge is 0.246 e. The van der Waals surface area contributed by atoms with Crippen LogP contribution in [0.15, 0.2) is 110 Å². The van der Waals surface area contributed by atoms with Gasteiger partial charge in [0.05, 0.1) is 36.8 Å². The Balaban J connectivity index is 0.000000170. The van der Waals surface area contributed by atoms with Gasteiger partial charge in [0, 0.05) is 60.8 Å². The van der Waals surface area contributed by atoms with E-state index in [9.17, 15) is 19.0 Å². The van der Waals surface area contributed by atoms with E-state index in [-0.39, 0.29) is 23.5 Å². The number of aryl methyl sites for hydroxylation is 2. The zero-order valence-electron chi connectivity index (χ0n) is 37.5. The summed E-state index contributed by atoms with van der Waals surface area (Å²) in [5.74, 6) is 2.53. The van der Waals surface area contributed by atoms with Crippen LogP contribution >= 0.6 is 23.2 Å². The number of hydrogen-bond donors (Lipinski definition) is 4. The van der Waals surface area contributed by atoms with Gasteiger partial charge < -0.3 is 39.5 Å². The van der Waals surface area contributed by atoms with Crippen molar-refractivity contribution in [3.05, 3.63) is 155 Å². The van der Waals surface area contributed by atoms with Gasteiger partial charge in [0.15, 0.2) is 0 Å². The number of hydrogen-bond acceptors (Lipinski definition) is 12. The van der Waals surface area contributed by atoms with E-state index in [0.717, 1.165) is 45.5 Å². The van der Waals surface area contributed by atoms with Crippen LogP contribution in [0.3, 0.4) is 0 Å². The molecule has 20 heteroatoms. The molecule has 10 rings (SSSR count). The average Bonchev–Trinajstić information content (AvgIpc) is 4.12. The van der Waals surface area contributed by atoms with Gasteiger partial charge in [-0.2, -0.15) is 9.97 Å². The molecule has 4 aromatic heterocycles. The van der Waals surface area contributed by atoms with Gasteiger partial charge in [-0.1, -0.05) is 47.5 Å². The zero-order valence-corrected chi connectivity index (χ0v) is 39.0. The van der Waals surface area contributed by atoms with E-state index in [4.69, 9.17) is 42.6 Å². The molecule has 4 atom stereocenters. The van der Waals surface area contributed by atoms with Gasteiger partial charge in [-0.25, -0.2) is 28.1 Å². The highest BCUT2D eigenvalue weighted by Gasteiger charge is 2.36. The molecule has 4 N–H and O–H groups in total. The van der Waals surface area contributed by atoms with Crippen molar-refractivity contribution in [1.29, 1.82) is 0 Å². The molecule has 68 heavy (non-hydrogen) atoms. The van der Waals surface area contributed by atoms with Crippen LogP contribution in [0.25, 0.3) is 11.4 Å². The summed E-state index contributed by atoms with van der Waals surface area (Å²) in [6.07, 6.45) is 8.64. The largest absolute Gasteiger partial charge is 0.494 e. The molecule has 0 bridgehead atoms. The third-order valence-electron chi connectivity index (χ3n) is 12.1. The first kappa shape index (κ1) is 46.3. The Morgan fingerprint density at radius 3 is 1.37 bits per heavy atom. The highest BCUT2D eigenvalue weighted by atomic mass is 35.5. The number of nitrogens with zero attached hydrogens (tertiary/aromatic N) is 10. The van der Waals surface area contributed by atoms with Gasteiger partial charge in [0.2, 0.25) is 11.9 Å². The second-order valence-corrected chi connectivity index (χ2v) is 18.1. The number of aromatic nitrogens is 10. The maximum Gasteiger partial charge on any atom is 0.246 e. The Morgan fingerprint density at radius 1 is 0.618 bits per heavy atom. The molecule has 0 saturated carbocycles. The van der Waals surface area contributed by atoms with E-state index < -0.39 is 11.2 Å². The van der Waals surface area contributed by atoms with Gasteiger partial charge in [-0.05, 0) is 99.2 Å². The fourth-order valence-corrected chi connectivity index (χ4v) is 8.90. The molecule has 0 fully saturated rings. The molecular weight excluding hydrogens is 918 g/mol. The first-order chi connectivity index (χ1) is 32.6. The van der Waals surface area contributed by atoms with Crippen molar-refractivity contribution in [2.45, 2.75) is 75.7 Å². The van der Waals surface area contributed by atoms with E-state index in [1.165, 1.54) is 24.3 Å². The predicted octanol–water partition coefficient (Wildman–Crippen LogP) is 9.37. The average molecular weight is 966 g/mol. The topological polar surface area (TPSA) is 180 Å². The first-order valence-electron chi connectivity index (χ1n) is 21.8. The standard InChI is InChI=1S/2C24H24ClFN6O2/c2*1-24(33)9-10-32-22(18(12-24)15-3-5-16(26)6-4-15)29-23(30-32)28-17-7-8-19(20(11-17)34-2)31-13-21(25)27-14-31/h2*3-8,11,13-14,18,33H,9-10,12H2,1-2H3,(H,28,30)/t18-,24+;18-,24-/m11/s1. The van der Waals surface area contributed by atoms with Crippen LogP contribution in [-0.2, 0) is 13.1 Å². The van der Waals surface area contributed by atoms with Gasteiger partial charge in [0.25, 0.3) is 0 Å².